The molecule has 1 saturated carbocycles. The lowest BCUT2D eigenvalue weighted by Gasteiger charge is -2.31. The highest BCUT2D eigenvalue weighted by molar-refractivity contribution is 7.89. The van der Waals surface area contributed by atoms with Gasteiger partial charge in [0.05, 0.1) is 6.20 Å². The number of aryl methyl sites for hydroxylation is 1. The summed E-state index contributed by atoms with van der Waals surface area (Å²) < 4.78 is 27.2. The molecule has 2 heterocycles. The third-order valence-corrected chi connectivity index (χ3v) is 5.67. The van der Waals surface area contributed by atoms with Crippen molar-refractivity contribution in [2.24, 2.45) is 11.8 Å². The summed E-state index contributed by atoms with van der Waals surface area (Å²) in [4.78, 5) is 6.72. The molecule has 2 fully saturated rings. The number of imidazole rings is 1. The van der Waals surface area contributed by atoms with Crippen LogP contribution in [0.4, 0.5) is 0 Å². The molecule has 1 saturated heterocycles. The molecule has 0 spiro atoms. The lowest BCUT2D eigenvalue weighted by molar-refractivity contribution is 0.260. The number of H-pyrrole nitrogens is 1. The average molecular weight is 284 g/mol. The molecule has 3 rings (SSSR count). The molecule has 0 radical (unpaired) electrons. The van der Waals surface area contributed by atoms with E-state index in [0.29, 0.717) is 11.7 Å². The predicted molar refractivity (Wildman–Crippen MR) is 71.1 cm³/mol. The molecule has 106 valence electrons. The summed E-state index contributed by atoms with van der Waals surface area (Å²) in [6.45, 7) is 3.85. The first-order chi connectivity index (χ1) is 9.04. The summed E-state index contributed by atoms with van der Waals surface area (Å²) in [6, 6.07) is 0.0507. The maximum absolute atomic E-state index is 12.2. The number of sulfonamides is 1. The minimum Gasteiger partial charge on any atom is -0.332 e. The zero-order valence-electron chi connectivity index (χ0n) is 11.0. The summed E-state index contributed by atoms with van der Waals surface area (Å²) in [7, 11) is -3.46. The fourth-order valence-electron chi connectivity index (χ4n) is 3.22. The van der Waals surface area contributed by atoms with Gasteiger partial charge in [0.2, 0.25) is 0 Å². The Morgan fingerprint density at radius 1 is 1.32 bits per heavy atom. The van der Waals surface area contributed by atoms with Gasteiger partial charge < -0.3 is 10.3 Å². The van der Waals surface area contributed by atoms with Crippen molar-refractivity contribution >= 4 is 10.0 Å². The van der Waals surface area contributed by atoms with Gasteiger partial charge >= 0.3 is 0 Å². The van der Waals surface area contributed by atoms with E-state index in [2.05, 4.69) is 20.0 Å². The average Bonchev–Trinajstić information content (AvgIpc) is 2.96. The molecule has 1 aromatic heterocycles. The van der Waals surface area contributed by atoms with Crippen molar-refractivity contribution in [3.8, 4) is 0 Å². The predicted octanol–water partition coefficient (Wildman–Crippen LogP) is 0.385. The van der Waals surface area contributed by atoms with E-state index in [1.165, 1.54) is 6.20 Å². The number of rotatable bonds is 3. The molecule has 1 aliphatic carbocycles. The Kier molecular flexibility index (Phi) is 3.36. The zero-order chi connectivity index (χ0) is 13.5. The van der Waals surface area contributed by atoms with E-state index in [4.69, 9.17) is 0 Å². The fourth-order valence-corrected chi connectivity index (χ4v) is 4.48. The van der Waals surface area contributed by atoms with E-state index >= 15 is 0 Å². The van der Waals surface area contributed by atoms with E-state index in [9.17, 15) is 8.42 Å². The van der Waals surface area contributed by atoms with Crippen molar-refractivity contribution in [2.75, 3.05) is 13.1 Å². The smallest absolute Gasteiger partial charge is 0.257 e. The monoisotopic (exact) mass is 284 g/mol. The molecule has 3 atom stereocenters. The van der Waals surface area contributed by atoms with Crippen molar-refractivity contribution in [3.05, 3.63) is 12.0 Å². The Balaban J connectivity index is 1.68. The van der Waals surface area contributed by atoms with E-state index < -0.39 is 10.0 Å². The van der Waals surface area contributed by atoms with Crippen molar-refractivity contribution < 1.29 is 8.42 Å². The van der Waals surface area contributed by atoms with Crippen molar-refractivity contribution in [1.29, 1.82) is 0 Å². The SMILES string of the molecule is Cc1ncc(S(=O)(=O)NC2CC[C@H]3CNC[C@H]3C2)[nH]1. The normalized spacial score (nSPS) is 31.3. The van der Waals surface area contributed by atoms with E-state index in [-0.39, 0.29) is 11.1 Å². The van der Waals surface area contributed by atoms with Gasteiger partial charge in [0.15, 0.2) is 5.03 Å². The molecular formula is C12H20N4O2S. The number of fused-ring (bicyclic) bond motifs is 1. The van der Waals surface area contributed by atoms with Gasteiger partial charge in [-0.15, -0.1) is 0 Å². The van der Waals surface area contributed by atoms with E-state index in [1.807, 2.05) is 0 Å². The summed E-state index contributed by atoms with van der Waals surface area (Å²) in [5.41, 5.74) is 0. The third kappa shape index (κ3) is 2.68. The van der Waals surface area contributed by atoms with Crippen LogP contribution in [0, 0.1) is 18.8 Å². The van der Waals surface area contributed by atoms with Gasteiger partial charge in [0.25, 0.3) is 10.0 Å². The second kappa shape index (κ2) is 4.88. The molecule has 0 bridgehead atoms. The van der Waals surface area contributed by atoms with E-state index in [0.717, 1.165) is 38.3 Å². The van der Waals surface area contributed by atoms with Crippen molar-refractivity contribution in [2.45, 2.75) is 37.3 Å². The van der Waals surface area contributed by atoms with Crippen LogP contribution in [0.5, 0.6) is 0 Å². The summed E-state index contributed by atoms with van der Waals surface area (Å²) >= 11 is 0. The van der Waals surface area contributed by atoms with Crippen LogP contribution < -0.4 is 10.0 Å². The number of nitrogens with zero attached hydrogens (tertiary/aromatic N) is 1. The Labute approximate surface area is 113 Å². The van der Waals surface area contributed by atoms with Crippen molar-refractivity contribution in [1.82, 2.24) is 20.0 Å². The number of aromatic amines is 1. The summed E-state index contributed by atoms with van der Waals surface area (Å²) in [5.74, 6) is 1.96. The van der Waals surface area contributed by atoms with Gasteiger partial charge in [-0.05, 0) is 51.1 Å². The number of aromatic nitrogens is 2. The van der Waals surface area contributed by atoms with Gasteiger partial charge in [0.1, 0.15) is 5.82 Å². The molecule has 0 amide bonds. The molecule has 6 nitrogen and oxygen atoms in total. The van der Waals surface area contributed by atoms with Crippen LogP contribution in [0.15, 0.2) is 11.2 Å². The van der Waals surface area contributed by atoms with Gasteiger partial charge in [-0.1, -0.05) is 0 Å². The highest BCUT2D eigenvalue weighted by atomic mass is 32.2. The molecule has 1 unspecified atom stereocenters. The van der Waals surface area contributed by atoms with Gasteiger partial charge in [-0.3, -0.25) is 0 Å². The number of hydrogen-bond donors (Lipinski definition) is 3. The van der Waals surface area contributed by atoms with Crippen LogP contribution in [-0.4, -0.2) is 37.5 Å². The van der Waals surface area contributed by atoms with E-state index in [1.54, 1.807) is 6.92 Å². The minimum absolute atomic E-state index is 0.0507. The van der Waals surface area contributed by atoms with Crippen LogP contribution in [0.2, 0.25) is 0 Å². The zero-order valence-corrected chi connectivity index (χ0v) is 11.8. The Morgan fingerprint density at radius 3 is 2.84 bits per heavy atom. The highest BCUT2D eigenvalue weighted by Crippen LogP contribution is 2.33. The highest BCUT2D eigenvalue weighted by Gasteiger charge is 2.35. The maximum atomic E-state index is 12.2. The lowest BCUT2D eigenvalue weighted by atomic mass is 9.79. The topological polar surface area (TPSA) is 86.9 Å². The third-order valence-electron chi connectivity index (χ3n) is 4.24. The molecule has 1 aliphatic heterocycles. The number of hydrogen-bond acceptors (Lipinski definition) is 4. The maximum Gasteiger partial charge on any atom is 0.257 e. The first kappa shape index (κ1) is 13.1. The fraction of sp³-hybridized carbons (Fsp3) is 0.750. The summed E-state index contributed by atoms with van der Waals surface area (Å²) in [5, 5.41) is 3.55. The van der Waals surface area contributed by atoms with Gasteiger partial charge in [-0.2, -0.15) is 0 Å². The molecule has 1 aromatic rings. The van der Waals surface area contributed by atoms with Crippen LogP contribution in [0.1, 0.15) is 25.1 Å². The largest absolute Gasteiger partial charge is 0.332 e. The molecule has 0 aromatic carbocycles. The quantitative estimate of drug-likeness (QED) is 0.749. The Morgan fingerprint density at radius 2 is 2.11 bits per heavy atom. The second-order valence-electron chi connectivity index (χ2n) is 5.64. The first-order valence-corrected chi connectivity index (χ1v) is 8.27. The first-order valence-electron chi connectivity index (χ1n) is 6.79. The van der Waals surface area contributed by atoms with Crippen LogP contribution in [-0.2, 0) is 10.0 Å². The molecule has 19 heavy (non-hydrogen) atoms. The lowest BCUT2D eigenvalue weighted by Crippen LogP contribution is -2.40. The second-order valence-corrected chi connectivity index (χ2v) is 7.32. The minimum atomic E-state index is -3.46. The standard InChI is InChI=1S/C12H20N4O2S/c1-8-14-7-12(15-8)19(17,18)16-11-3-2-9-5-13-6-10(9)4-11/h7,9-11,13,16H,2-6H2,1H3,(H,14,15)/t9-,10+,11?/m0/s1. The van der Waals surface area contributed by atoms with Crippen LogP contribution in [0.25, 0.3) is 0 Å². The summed E-state index contributed by atoms with van der Waals surface area (Å²) in [6.07, 6.45) is 4.34. The molecule has 2 aliphatic rings. The molecular weight excluding hydrogens is 264 g/mol. The molecule has 7 heteroatoms. The van der Waals surface area contributed by atoms with Gasteiger partial charge in [0, 0.05) is 6.04 Å². The Bertz CT molecular complexity index is 554. The Hall–Kier alpha value is -0.920. The van der Waals surface area contributed by atoms with Crippen LogP contribution in [0.3, 0.4) is 0 Å². The molecule has 3 N–H and O–H groups in total. The van der Waals surface area contributed by atoms with Crippen molar-refractivity contribution in [3.63, 3.8) is 0 Å². The van der Waals surface area contributed by atoms with Crippen LogP contribution >= 0.6 is 0 Å². The van der Waals surface area contributed by atoms with Gasteiger partial charge in [-0.25, -0.2) is 18.1 Å². The number of nitrogens with one attached hydrogen (secondary N) is 3.